The van der Waals surface area contributed by atoms with Crippen LogP contribution in [-0.2, 0) is 4.79 Å². The molecule has 2 N–H and O–H groups in total. The number of piperidine rings is 1. The second-order valence-electron chi connectivity index (χ2n) is 6.28. The maximum absolute atomic E-state index is 12.4. The average molecular weight is 238 g/mol. The fourth-order valence-corrected chi connectivity index (χ4v) is 3.35. The van der Waals surface area contributed by atoms with Crippen LogP contribution in [0.3, 0.4) is 0 Å². The molecule has 1 saturated carbocycles. The van der Waals surface area contributed by atoms with Gasteiger partial charge in [-0.15, -0.1) is 0 Å². The van der Waals surface area contributed by atoms with E-state index in [0.29, 0.717) is 11.8 Å². The van der Waals surface area contributed by atoms with E-state index in [1.54, 1.807) is 0 Å². The molecule has 3 unspecified atom stereocenters. The van der Waals surface area contributed by atoms with Gasteiger partial charge in [0.1, 0.15) is 0 Å². The van der Waals surface area contributed by atoms with Gasteiger partial charge in [-0.1, -0.05) is 13.8 Å². The lowest BCUT2D eigenvalue weighted by atomic mass is 9.79. The van der Waals surface area contributed by atoms with Gasteiger partial charge in [-0.05, 0) is 43.9 Å². The maximum Gasteiger partial charge on any atom is 0.225 e. The van der Waals surface area contributed by atoms with Crippen LogP contribution in [0.5, 0.6) is 0 Å². The second-order valence-corrected chi connectivity index (χ2v) is 6.28. The Labute approximate surface area is 105 Å². The molecule has 1 aliphatic heterocycles. The maximum atomic E-state index is 12.4. The van der Waals surface area contributed by atoms with Gasteiger partial charge in [0.2, 0.25) is 5.91 Å². The van der Waals surface area contributed by atoms with Gasteiger partial charge in [0.15, 0.2) is 0 Å². The van der Waals surface area contributed by atoms with E-state index in [4.69, 9.17) is 5.73 Å². The summed E-state index contributed by atoms with van der Waals surface area (Å²) in [6, 6.07) is 0.233. The minimum atomic E-state index is 0.196. The van der Waals surface area contributed by atoms with Gasteiger partial charge in [0.05, 0.1) is 0 Å². The molecule has 0 aromatic heterocycles. The topological polar surface area (TPSA) is 46.3 Å². The summed E-state index contributed by atoms with van der Waals surface area (Å²) >= 11 is 0. The summed E-state index contributed by atoms with van der Waals surface area (Å²) in [5.74, 6) is 1.96. The lowest BCUT2D eigenvalue weighted by molar-refractivity contribution is -0.138. The van der Waals surface area contributed by atoms with Crippen molar-refractivity contribution in [1.82, 2.24) is 4.90 Å². The van der Waals surface area contributed by atoms with Gasteiger partial charge in [0.25, 0.3) is 0 Å². The minimum Gasteiger partial charge on any atom is -0.342 e. The average Bonchev–Trinajstić information content (AvgIpc) is 2.28. The van der Waals surface area contributed by atoms with Crippen molar-refractivity contribution in [1.29, 1.82) is 0 Å². The van der Waals surface area contributed by atoms with Crippen molar-refractivity contribution < 1.29 is 4.79 Å². The zero-order valence-electron chi connectivity index (χ0n) is 11.2. The van der Waals surface area contributed by atoms with E-state index >= 15 is 0 Å². The van der Waals surface area contributed by atoms with E-state index in [-0.39, 0.29) is 12.0 Å². The Bertz CT molecular complexity index is 261. The monoisotopic (exact) mass is 238 g/mol. The number of carbonyl (C=O) groups excluding carboxylic acids is 1. The van der Waals surface area contributed by atoms with Gasteiger partial charge in [0, 0.05) is 25.0 Å². The fourth-order valence-electron chi connectivity index (χ4n) is 3.35. The first kappa shape index (κ1) is 12.9. The smallest absolute Gasteiger partial charge is 0.225 e. The number of likely N-dealkylation sites (tertiary alicyclic amines) is 1. The van der Waals surface area contributed by atoms with Crippen LogP contribution in [0.4, 0.5) is 0 Å². The van der Waals surface area contributed by atoms with Gasteiger partial charge < -0.3 is 10.6 Å². The van der Waals surface area contributed by atoms with Crippen LogP contribution in [-0.4, -0.2) is 29.9 Å². The predicted molar refractivity (Wildman–Crippen MR) is 69.5 cm³/mol. The molecule has 3 nitrogen and oxygen atoms in total. The molecule has 98 valence electrons. The molecule has 1 amide bonds. The molecule has 0 aromatic rings. The van der Waals surface area contributed by atoms with Crippen molar-refractivity contribution in [3.63, 3.8) is 0 Å². The van der Waals surface area contributed by atoms with E-state index in [0.717, 1.165) is 38.3 Å². The Kier molecular flexibility index (Phi) is 4.08. The number of rotatable bonds is 1. The Hall–Kier alpha value is -0.570. The Balaban J connectivity index is 1.90. The summed E-state index contributed by atoms with van der Waals surface area (Å²) in [4.78, 5) is 14.5. The molecular weight excluding hydrogens is 212 g/mol. The van der Waals surface area contributed by atoms with Crippen LogP contribution in [0.2, 0.25) is 0 Å². The Morgan fingerprint density at radius 3 is 2.29 bits per heavy atom. The summed E-state index contributed by atoms with van der Waals surface area (Å²) < 4.78 is 0. The lowest BCUT2D eigenvalue weighted by Gasteiger charge is -2.37. The molecule has 2 fully saturated rings. The normalized spacial score (nSPS) is 35.9. The van der Waals surface area contributed by atoms with E-state index in [1.165, 1.54) is 12.8 Å². The van der Waals surface area contributed by atoms with Crippen LogP contribution in [0.1, 0.15) is 46.0 Å². The number of amides is 1. The molecule has 0 radical (unpaired) electrons. The summed E-state index contributed by atoms with van der Waals surface area (Å²) in [5.41, 5.74) is 6.03. The molecule has 1 saturated heterocycles. The van der Waals surface area contributed by atoms with E-state index in [1.807, 2.05) is 0 Å². The van der Waals surface area contributed by atoms with Gasteiger partial charge in [-0.2, -0.15) is 0 Å². The molecule has 2 aliphatic rings. The first-order valence-electron chi connectivity index (χ1n) is 7.10. The highest BCUT2D eigenvalue weighted by atomic mass is 16.2. The van der Waals surface area contributed by atoms with Crippen LogP contribution < -0.4 is 5.73 Å². The highest BCUT2D eigenvalue weighted by Gasteiger charge is 2.32. The molecule has 1 aliphatic carbocycles. The van der Waals surface area contributed by atoms with Crippen LogP contribution in [0.25, 0.3) is 0 Å². The molecule has 1 heterocycles. The summed E-state index contributed by atoms with van der Waals surface area (Å²) in [5, 5.41) is 0. The Morgan fingerprint density at radius 1 is 1.06 bits per heavy atom. The molecular formula is C14H26N2O. The van der Waals surface area contributed by atoms with Gasteiger partial charge >= 0.3 is 0 Å². The third-order valence-electron chi connectivity index (χ3n) is 4.42. The van der Waals surface area contributed by atoms with Crippen LogP contribution in [0, 0.1) is 17.8 Å². The molecule has 2 rings (SSSR count). The molecule has 0 aromatic carbocycles. The number of carbonyl (C=O) groups is 1. The third kappa shape index (κ3) is 3.21. The zero-order valence-corrected chi connectivity index (χ0v) is 11.2. The number of nitrogens with two attached hydrogens (primary N) is 1. The van der Waals surface area contributed by atoms with Crippen molar-refractivity contribution >= 4 is 5.91 Å². The fraction of sp³-hybridized carbons (Fsp3) is 0.929. The summed E-state index contributed by atoms with van der Waals surface area (Å²) in [6.07, 6.45) is 5.36. The van der Waals surface area contributed by atoms with Crippen molar-refractivity contribution in [2.75, 3.05) is 13.1 Å². The zero-order chi connectivity index (χ0) is 12.4. The minimum absolute atomic E-state index is 0.196. The second kappa shape index (κ2) is 5.38. The highest BCUT2D eigenvalue weighted by Crippen LogP contribution is 2.30. The Morgan fingerprint density at radius 2 is 1.71 bits per heavy atom. The standard InChI is InChI=1S/C14H26N2O/c1-10-3-5-16(6-4-10)14(17)12-7-11(2)8-13(15)9-12/h10-13H,3-9,15H2,1-2H3. The van der Waals surface area contributed by atoms with Gasteiger partial charge in [-0.3, -0.25) is 4.79 Å². The van der Waals surface area contributed by atoms with Crippen LogP contribution in [0.15, 0.2) is 0 Å². The number of nitrogens with zero attached hydrogens (tertiary/aromatic N) is 1. The molecule has 0 spiro atoms. The lowest BCUT2D eigenvalue weighted by Crippen LogP contribution is -2.45. The first-order chi connectivity index (χ1) is 8.06. The van der Waals surface area contributed by atoms with Gasteiger partial charge in [-0.25, -0.2) is 0 Å². The van der Waals surface area contributed by atoms with E-state index < -0.39 is 0 Å². The third-order valence-corrected chi connectivity index (χ3v) is 4.42. The largest absolute Gasteiger partial charge is 0.342 e. The quantitative estimate of drug-likeness (QED) is 0.759. The van der Waals surface area contributed by atoms with E-state index in [2.05, 4.69) is 18.7 Å². The predicted octanol–water partition coefficient (Wildman–Crippen LogP) is 2.01. The highest BCUT2D eigenvalue weighted by molar-refractivity contribution is 5.79. The SMILES string of the molecule is CC1CCN(C(=O)C2CC(C)CC(N)C2)CC1. The molecule has 0 bridgehead atoms. The van der Waals surface area contributed by atoms with Crippen molar-refractivity contribution in [3.05, 3.63) is 0 Å². The van der Waals surface area contributed by atoms with Crippen molar-refractivity contribution in [2.24, 2.45) is 23.5 Å². The molecule has 17 heavy (non-hydrogen) atoms. The summed E-state index contributed by atoms with van der Waals surface area (Å²) in [6.45, 7) is 6.41. The first-order valence-corrected chi connectivity index (χ1v) is 7.10. The number of hydrogen-bond acceptors (Lipinski definition) is 2. The number of hydrogen-bond donors (Lipinski definition) is 1. The van der Waals surface area contributed by atoms with Crippen LogP contribution >= 0.6 is 0 Å². The summed E-state index contributed by atoms with van der Waals surface area (Å²) in [7, 11) is 0. The molecule has 3 heteroatoms. The van der Waals surface area contributed by atoms with E-state index in [9.17, 15) is 4.79 Å². The van der Waals surface area contributed by atoms with Crippen molar-refractivity contribution in [2.45, 2.75) is 52.0 Å². The van der Waals surface area contributed by atoms with Crippen molar-refractivity contribution in [3.8, 4) is 0 Å². The molecule has 3 atom stereocenters.